The highest BCUT2D eigenvalue weighted by Gasteiger charge is 2.20. The Bertz CT molecular complexity index is 1310. The Labute approximate surface area is 194 Å². The highest BCUT2D eigenvalue weighted by atomic mass is 35.5. The Balaban J connectivity index is 1.77. The van der Waals surface area contributed by atoms with Crippen LogP contribution in [-0.4, -0.2) is 27.3 Å². The summed E-state index contributed by atoms with van der Waals surface area (Å²) in [5.41, 5.74) is 5.26. The van der Waals surface area contributed by atoms with Gasteiger partial charge in [0.1, 0.15) is 11.6 Å². The summed E-state index contributed by atoms with van der Waals surface area (Å²) in [6.07, 6.45) is 0. The number of carbonyl (C=O) groups is 2. The molecule has 3 rings (SSSR count). The smallest absolute Gasteiger partial charge is 0.273 e. The monoisotopic (exact) mass is 491 g/mol. The zero-order valence-corrected chi connectivity index (χ0v) is 19.1. The largest absolute Gasteiger partial charge is 0.496 e. The molecule has 0 unspecified atom stereocenters. The molecule has 0 spiro atoms. The van der Waals surface area contributed by atoms with Crippen molar-refractivity contribution in [1.82, 2.24) is 10.9 Å². The van der Waals surface area contributed by atoms with Gasteiger partial charge >= 0.3 is 0 Å². The number of halogens is 2. The van der Waals surface area contributed by atoms with Gasteiger partial charge in [0.25, 0.3) is 21.8 Å². The number of hydrogen-bond donors (Lipinski definition) is 3. The number of aryl methyl sites for hydroxylation is 1. The van der Waals surface area contributed by atoms with E-state index < -0.39 is 27.7 Å². The molecule has 0 bridgehead atoms. The van der Waals surface area contributed by atoms with Crippen LogP contribution in [0.25, 0.3) is 0 Å². The number of hydrogen-bond acceptors (Lipinski definition) is 5. The molecule has 0 heterocycles. The Morgan fingerprint density at radius 1 is 0.909 bits per heavy atom. The lowest BCUT2D eigenvalue weighted by Gasteiger charge is -2.13. The van der Waals surface area contributed by atoms with Crippen molar-refractivity contribution in [3.05, 3.63) is 88.2 Å². The van der Waals surface area contributed by atoms with Gasteiger partial charge in [-0.15, -0.1) is 0 Å². The lowest BCUT2D eigenvalue weighted by molar-refractivity contribution is 0.0844. The summed E-state index contributed by atoms with van der Waals surface area (Å²) < 4.78 is 45.9. The summed E-state index contributed by atoms with van der Waals surface area (Å²) >= 11 is 5.92. The SMILES string of the molecule is COc1ccc(Cl)cc1C(=O)NNC(=O)c1cc(S(=O)(=O)Nc2ccc(F)cc2)ccc1C. The highest BCUT2D eigenvalue weighted by Crippen LogP contribution is 2.23. The maximum Gasteiger partial charge on any atom is 0.273 e. The van der Waals surface area contributed by atoms with Crippen molar-refractivity contribution < 1.29 is 27.1 Å². The molecule has 0 aromatic heterocycles. The number of carbonyl (C=O) groups excluding carboxylic acids is 2. The quantitative estimate of drug-likeness (QED) is 0.455. The third-order valence-electron chi connectivity index (χ3n) is 4.56. The van der Waals surface area contributed by atoms with Crippen LogP contribution in [0.1, 0.15) is 26.3 Å². The maximum atomic E-state index is 13.1. The van der Waals surface area contributed by atoms with E-state index in [0.717, 1.165) is 12.1 Å². The average Bonchev–Trinajstić information content (AvgIpc) is 2.78. The van der Waals surface area contributed by atoms with E-state index >= 15 is 0 Å². The fraction of sp³-hybridized carbons (Fsp3) is 0.0909. The predicted octanol–water partition coefficient (Wildman–Crippen LogP) is 3.67. The minimum Gasteiger partial charge on any atom is -0.496 e. The van der Waals surface area contributed by atoms with Crippen molar-refractivity contribution >= 4 is 39.1 Å². The molecule has 3 N–H and O–H groups in total. The minimum absolute atomic E-state index is 0.0235. The summed E-state index contributed by atoms with van der Waals surface area (Å²) in [6.45, 7) is 1.61. The maximum absolute atomic E-state index is 13.1. The van der Waals surface area contributed by atoms with Crippen LogP contribution in [0.5, 0.6) is 5.75 Å². The van der Waals surface area contributed by atoms with E-state index in [4.69, 9.17) is 16.3 Å². The highest BCUT2D eigenvalue weighted by molar-refractivity contribution is 7.92. The van der Waals surface area contributed by atoms with Gasteiger partial charge in [0.15, 0.2) is 0 Å². The lowest BCUT2D eigenvalue weighted by atomic mass is 10.1. The van der Waals surface area contributed by atoms with Gasteiger partial charge in [-0.3, -0.25) is 25.2 Å². The van der Waals surface area contributed by atoms with Gasteiger partial charge < -0.3 is 4.74 Å². The molecule has 0 saturated carbocycles. The topological polar surface area (TPSA) is 114 Å². The van der Waals surface area contributed by atoms with E-state index in [0.29, 0.717) is 10.6 Å². The number of hydrazine groups is 1. The van der Waals surface area contributed by atoms with Crippen LogP contribution in [0.4, 0.5) is 10.1 Å². The first-order chi connectivity index (χ1) is 15.6. The second-order valence-electron chi connectivity index (χ2n) is 6.84. The third-order valence-corrected chi connectivity index (χ3v) is 6.17. The van der Waals surface area contributed by atoms with Crippen molar-refractivity contribution in [2.75, 3.05) is 11.8 Å². The second kappa shape index (κ2) is 9.88. The van der Waals surface area contributed by atoms with Gasteiger partial charge in [-0.1, -0.05) is 17.7 Å². The van der Waals surface area contributed by atoms with Crippen molar-refractivity contribution in [3.8, 4) is 5.75 Å². The van der Waals surface area contributed by atoms with Gasteiger partial charge in [0.05, 0.1) is 17.6 Å². The number of ether oxygens (including phenoxy) is 1. The number of rotatable bonds is 6. The van der Waals surface area contributed by atoms with Crippen LogP contribution in [0.2, 0.25) is 5.02 Å². The average molecular weight is 492 g/mol. The van der Waals surface area contributed by atoms with E-state index in [1.165, 1.54) is 49.6 Å². The number of amides is 2. The Morgan fingerprint density at radius 3 is 2.18 bits per heavy atom. The Hall–Kier alpha value is -3.63. The number of benzene rings is 3. The Morgan fingerprint density at radius 2 is 1.55 bits per heavy atom. The van der Waals surface area contributed by atoms with Crippen LogP contribution in [0.15, 0.2) is 65.6 Å². The second-order valence-corrected chi connectivity index (χ2v) is 8.96. The van der Waals surface area contributed by atoms with Gasteiger partial charge in [0, 0.05) is 16.3 Å². The van der Waals surface area contributed by atoms with Crippen LogP contribution < -0.4 is 20.3 Å². The van der Waals surface area contributed by atoms with E-state index in [1.807, 2.05) is 0 Å². The van der Waals surface area contributed by atoms with E-state index in [9.17, 15) is 22.4 Å². The van der Waals surface area contributed by atoms with E-state index in [2.05, 4.69) is 15.6 Å². The van der Waals surface area contributed by atoms with Crippen molar-refractivity contribution in [1.29, 1.82) is 0 Å². The first-order valence-electron chi connectivity index (χ1n) is 9.44. The number of anilines is 1. The van der Waals surface area contributed by atoms with Crippen LogP contribution in [0.3, 0.4) is 0 Å². The first kappa shape index (κ1) is 24.0. The van der Waals surface area contributed by atoms with Crippen molar-refractivity contribution in [3.63, 3.8) is 0 Å². The molecule has 33 heavy (non-hydrogen) atoms. The van der Waals surface area contributed by atoms with Crippen LogP contribution in [-0.2, 0) is 10.0 Å². The number of methoxy groups -OCH3 is 1. The lowest BCUT2D eigenvalue weighted by Crippen LogP contribution is -2.42. The summed E-state index contributed by atoms with van der Waals surface area (Å²) in [5, 5.41) is 0.301. The molecule has 11 heteroatoms. The van der Waals surface area contributed by atoms with Gasteiger partial charge in [-0.2, -0.15) is 0 Å². The summed E-state index contributed by atoms with van der Waals surface area (Å²) in [5.74, 6) is -1.67. The fourth-order valence-electron chi connectivity index (χ4n) is 2.85. The molecule has 172 valence electrons. The predicted molar refractivity (Wildman–Crippen MR) is 121 cm³/mol. The fourth-order valence-corrected chi connectivity index (χ4v) is 4.11. The summed E-state index contributed by atoms with van der Waals surface area (Å²) in [6, 6.07) is 13.2. The van der Waals surface area contributed by atoms with E-state index in [1.54, 1.807) is 13.0 Å². The van der Waals surface area contributed by atoms with Crippen molar-refractivity contribution in [2.45, 2.75) is 11.8 Å². The molecule has 0 fully saturated rings. The molecule has 0 aliphatic heterocycles. The molecular formula is C22H19ClFN3O5S. The van der Waals surface area contributed by atoms with Gasteiger partial charge in [-0.05, 0) is 67.1 Å². The zero-order valence-electron chi connectivity index (χ0n) is 17.5. The van der Waals surface area contributed by atoms with E-state index in [-0.39, 0.29) is 27.5 Å². The zero-order chi connectivity index (χ0) is 24.2. The van der Waals surface area contributed by atoms with Crippen molar-refractivity contribution in [2.24, 2.45) is 0 Å². The van der Waals surface area contributed by atoms with Gasteiger partial charge in [0.2, 0.25) is 0 Å². The molecule has 8 nitrogen and oxygen atoms in total. The summed E-state index contributed by atoms with van der Waals surface area (Å²) in [7, 11) is -2.68. The van der Waals surface area contributed by atoms with Crippen LogP contribution >= 0.6 is 11.6 Å². The standard InChI is InChI=1S/C22H19ClFN3O5S/c1-13-3-9-17(33(30,31)27-16-7-5-15(24)6-8-16)12-18(13)21(28)25-26-22(29)19-11-14(23)4-10-20(19)32-2/h3-12,27H,1-2H3,(H,25,28)(H,26,29). The molecular weight excluding hydrogens is 473 g/mol. The Kier molecular flexibility index (Phi) is 7.19. The molecule has 2 amide bonds. The van der Waals surface area contributed by atoms with Crippen LogP contribution in [0, 0.1) is 12.7 Å². The number of nitrogens with one attached hydrogen (secondary N) is 3. The normalized spacial score (nSPS) is 10.9. The molecule has 3 aromatic rings. The minimum atomic E-state index is -4.06. The molecule has 3 aromatic carbocycles. The molecule has 0 aliphatic rings. The molecule has 0 saturated heterocycles. The first-order valence-corrected chi connectivity index (χ1v) is 11.3. The third kappa shape index (κ3) is 5.79. The summed E-state index contributed by atoms with van der Waals surface area (Å²) in [4.78, 5) is 24.9. The molecule has 0 aliphatic carbocycles. The molecule has 0 radical (unpaired) electrons. The number of sulfonamides is 1. The van der Waals surface area contributed by atoms with Gasteiger partial charge in [-0.25, -0.2) is 12.8 Å². The molecule has 0 atom stereocenters.